The molecule has 0 fully saturated rings. The summed E-state index contributed by atoms with van der Waals surface area (Å²) in [6, 6.07) is 26.8. The maximum absolute atomic E-state index is 5.93. The molecular formula is C23H25NO2. The van der Waals surface area contributed by atoms with E-state index in [0.717, 1.165) is 30.3 Å². The minimum Gasteiger partial charge on any atom is -0.497 e. The number of ether oxygens (including phenoxy) is 2. The second-order valence-corrected chi connectivity index (χ2v) is 6.02. The quantitative estimate of drug-likeness (QED) is 0.554. The van der Waals surface area contributed by atoms with E-state index in [1.165, 1.54) is 11.1 Å². The minimum atomic E-state index is 0.635. The Balaban J connectivity index is 1.56. The van der Waals surface area contributed by atoms with Gasteiger partial charge in [0.25, 0.3) is 0 Å². The maximum atomic E-state index is 5.93. The first-order valence-electron chi connectivity index (χ1n) is 8.97. The number of nitrogens with zero attached hydrogens (tertiary/aromatic N) is 1. The van der Waals surface area contributed by atoms with Crippen molar-refractivity contribution in [1.82, 2.24) is 0 Å². The molecule has 0 aliphatic carbocycles. The lowest BCUT2D eigenvalue weighted by Crippen LogP contribution is -2.28. The molecule has 3 aromatic rings. The van der Waals surface area contributed by atoms with E-state index in [1.54, 1.807) is 7.11 Å². The molecule has 0 radical (unpaired) electrons. The van der Waals surface area contributed by atoms with Crippen LogP contribution in [0.3, 0.4) is 0 Å². The van der Waals surface area contributed by atoms with Crippen molar-refractivity contribution in [2.45, 2.75) is 6.92 Å². The molecule has 134 valence electrons. The van der Waals surface area contributed by atoms with Crippen LogP contribution < -0.4 is 14.4 Å². The number of anilines is 1. The third kappa shape index (κ3) is 4.57. The van der Waals surface area contributed by atoms with Crippen molar-refractivity contribution in [3.8, 4) is 22.6 Å². The highest BCUT2D eigenvalue weighted by Gasteiger charge is 2.06. The van der Waals surface area contributed by atoms with Gasteiger partial charge in [0.1, 0.15) is 18.1 Å². The number of methoxy groups -OCH3 is 1. The Bertz CT molecular complexity index is 800. The van der Waals surface area contributed by atoms with Gasteiger partial charge in [-0.05, 0) is 42.3 Å². The van der Waals surface area contributed by atoms with Crippen LogP contribution in [0, 0.1) is 0 Å². The van der Waals surface area contributed by atoms with Gasteiger partial charge in [-0.1, -0.05) is 48.5 Å². The van der Waals surface area contributed by atoms with Gasteiger partial charge in [-0.3, -0.25) is 0 Å². The number of rotatable bonds is 8. The zero-order chi connectivity index (χ0) is 18.2. The van der Waals surface area contributed by atoms with E-state index in [0.29, 0.717) is 6.61 Å². The fourth-order valence-electron chi connectivity index (χ4n) is 2.92. The van der Waals surface area contributed by atoms with Crippen LogP contribution >= 0.6 is 0 Å². The smallest absolute Gasteiger partial charge is 0.120 e. The average molecular weight is 347 g/mol. The number of likely N-dealkylation sites (N-methyl/N-ethyl adjacent to an activating group) is 1. The summed E-state index contributed by atoms with van der Waals surface area (Å²) in [6.45, 7) is 4.53. The fourth-order valence-corrected chi connectivity index (χ4v) is 2.92. The van der Waals surface area contributed by atoms with Gasteiger partial charge in [0, 0.05) is 18.3 Å². The Morgan fingerprint density at radius 3 is 2.19 bits per heavy atom. The lowest BCUT2D eigenvalue weighted by Gasteiger charge is -2.23. The van der Waals surface area contributed by atoms with Crippen LogP contribution in [0.1, 0.15) is 6.92 Å². The Kier molecular flexibility index (Phi) is 6.15. The van der Waals surface area contributed by atoms with E-state index in [1.807, 2.05) is 30.3 Å². The number of hydrogen-bond acceptors (Lipinski definition) is 3. The summed E-state index contributed by atoms with van der Waals surface area (Å²) >= 11 is 0. The first-order valence-corrected chi connectivity index (χ1v) is 8.97. The summed E-state index contributed by atoms with van der Waals surface area (Å²) in [5.41, 5.74) is 3.56. The lowest BCUT2D eigenvalue weighted by atomic mass is 10.1. The topological polar surface area (TPSA) is 21.7 Å². The number of hydrogen-bond donors (Lipinski definition) is 0. The summed E-state index contributed by atoms with van der Waals surface area (Å²) in [5.74, 6) is 1.77. The molecule has 0 aliphatic heterocycles. The largest absolute Gasteiger partial charge is 0.497 e. The molecule has 0 saturated heterocycles. The molecule has 0 atom stereocenters. The predicted molar refractivity (Wildman–Crippen MR) is 108 cm³/mol. The highest BCUT2D eigenvalue weighted by atomic mass is 16.5. The van der Waals surface area contributed by atoms with Crippen molar-refractivity contribution >= 4 is 5.69 Å². The third-order valence-electron chi connectivity index (χ3n) is 4.39. The molecule has 0 amide bonds. The van der Waals surface area contributed by atoms with E-state index >= 15 is 0 Å². The predicted octanol–water partition coefficient (Wildman–Crippen LogP) is 5.27. The molecule has 3 heteroatoms. The monoisotopic (exact) mass is 347 g/mol. The molecule has 0 N–H and O–H groups in total. The summed E-state index contributed by atoms with van der Waals surface area (Å²) in [6.07, 6.45) is 0. The third-order valence-corrected chi connectivity index (χ3v) is 4.39. The van der Waals surface area contributed by atoms with Crippen LogP contribution in [0.2, 0.25) is 0 Å². The van der Waals surface area contributed by atoms with Crippen molar-refractivity contribution in [1.29, 1.82) is 0 Å². The Morgan fingerprint density at radius 2 is 1.50 bits per heavy atom. The number of benzene rings is 3. The van der Waals surface area contributed by atoms with E-state index in [4.69, 9.17) is 9.47 Å². The van der Waals surface area contributed by atoms with Gasteiger partial charge in [0.05, 0.1) is 13.7 Å². The van der Waals surface area contributed by atoms with Gasteiger partial charge in [-0.15, -0.1) is 0 Å². The molecule has 3 rings (SSSR count). The Hall–Kier alpha value is -2.94. The Morgan fingerprint density at radius 1 is 0.769 bits per heavy atom. The van der Waals surface area contributed by atoms with Crippen LogP contribution in [0.4, 0.5) is 5.69 Å². The zero-order valence-corrected chi connectivity index (χ0v) is 15.4. The molecule has 0 spiro atoms. The molecule has 0 bridgehead atoms. The standard InChI is InChI=1S/C23H25NO2/c1-3-24(21-10-7-11-23(18-21)25-2)16-17-26-22-14-12-20(13-15-22)19-8-5-4-6-9-19/h4-15,18H,3,16-17H2,1-2H3. The highest BCUT2D eigenvalue weighted by molar-refractivity contribution is 5.63. The first kappa shape index (κ1) is 17.9. The van der Waals surface area contributed by atoms with E-state index in [-0.39, 0.29) is 0 Å². The van der Waals surface area contributed by atoms with Crippen molar-refractivity contribution in [2.75, 3.05) is 31.7 Å². The molecule has 0 aliphatic rings. The van der Waals surface area contributed by atoms with Crippen molar-refractivity contribution in [3.63, 3.8) is 0 Å². The summed E-state index contributed by atoms with van der Waals surface area (Å²) < 4.78 is 11.2. The molecule has 26 heavy (non-hydrogen) atoms. The van der Waals surface area contributed by atoms with Gasteiger partial charge < -0.3 is 14.4 Å². The summed E-state index contributed by atoms with van der Waals surface area (Å²) in [4.78, 5) is 2.28. The van der Waals surface area contributed by atoms with Gasteiger partial charge >= 0.3 is 0 Å². The van der Waals surface area contributed by atoms with Crippen LogP contribution in [-0.4, -0.2) is 26.8 Å². The average Bonchev–Trinajstić information content (AvgIpc) is 2.72. The zero-order valence-electron chi connectivity index (χ0n) is 15.4. The van der Waals surface area contributed by atoms with Gasteiger partial charge in [0.2, 0.25) is 0 Å². The summed E-state index contributed by atoms with van der Waals surface area (Å²) in [7, 11) is 1.69. The van der Waals surface area contributed by atoms with E-state index in [2.05, 4.69) is 60.4 Å². The Labute approximate surface area is 155 Å². The molecule has 0 aromatic heterocycles. The minimum absolute atomic E-state index is 0.635. The maximum Gasteiger partial charge on any atom is 0.120 e. The van der Waals surface area contributed by atoms with Crippen LogP contribution in [0.5, 0.6) is 11.5 Å². The van der Waals surface area contributed by atoms with Crippen molar-refractivity contribution < 1.29 is 9.47 Å². The second-order valence-electron chi connectivity index (χ2n) is 6.02. The van der Waals surface area contributed by atoms with Crippen LogP contribution in [-0.2, 0) is 0 Å². The SMILES string of the molecule is CCN(CCOc1ccc(-c2ccccc2)cc1)c1cccc(OC)c1. The second kappa shape index (κ2) is 8.95. The van der Waals surface area contributed by atoms with E-state index < -0.39 is 0 Å². The van der Waals surface area contributed by atoms with E-state index in [9.17, 15) is 0 Å². The summed E-state index contributed by atoms with van der Waals surface area (Å²) in [5, 5.41) is 0. The molecule has 3 aromatic carbocycles. The van der Waals surface area contributed by atoms with Gasteiger partial charge in [0.15, 0.2) is 0 Å². The molecular weight excluding hydrogens is 322 g/mol. The molecule has 3 nitrogen and oxygen atoms in total. The van der Waals surface area contributed by atoms with Gasteiger partial charge in [-0.2, -0.15) is 0 Å². The fraction of sp³-hybridized carbons (Fsp3) is 0.217. The highest BCUT2D eigenvalue weighted by Crippen LogP contribution is 2.23. The van der Waals surface area contributed by atoms with Crippen molar-refractivity contribution in [3.05, 3.63) is 78.9 Å². The normalized spacial score (nSPS) is 10.4. The van der Waals surface area contributed by atoms with Crippen molar-refractivity contribution in [2.24, 2.45) is 0 Å². The van der Waals surface area contributed by atoms with Gasteiger partial charge in [-0.25, -0.2) is 0 Å². The first-order chi connectivity index (χ1) is 12.8. The molecule has 0 unspecified atom stereocenters. The molecule has 0 saturated carbocycles. The van der Waals surface area contributed by atoms with Crippen LogP contribution in [0.25, 0.3) is 11.1 Å². The lowest BCUT2D eigenvalue weighted by molar-refractivity contribution is 0.324. The van der Waals surface area contributed by atoms with Crippen LogP contribution in [0.15, 0.2) is 78.9 Å². The molecule has 0 heterocycles.